The molecule has 30 heavy (non-hydrogen) atoms. The van der Waals surface area contributed by atoms with Gasteiger partial charge in [-0.2, -0.15) is 10.4 Å². The van der Waals surface area contributed by atoms with E-state index in [9.17, 15) is 14.4 Å². The van der Waals surface area contributed by atoms with Gasteiger partial charge in [0.25, 0.3) is 0 Å². The number of carbonyl (C=O) groups is 1. The quantitative estimate of drug-likeness (QED) is 0.558. The summed E-state index contributed by atoms with van der Waals surface area (Å²) in [5, 5.41) is 16.9. The number of nitrogens with zero attached hydrogens (tertiary/aromatic N) is 3. The van der Waals surface area contributed by atoms with Crippen LogP contribution >= 0.6 is 0 Å². The Kier molecular flexibility index (Phi) is 6.81. The number of amides is 1. The van der Waals surface area contributed by atoms with Crippen LogP contribution in [0.25, 0.3) is 5.69 Å². The number of aryl methyl sites for hydroxylation is 1. The van der Waals surface area contributed by atoms with Crippen molar-refractivity contribution < 1.29 is 9.18 Å². The molecule has 0 saturated heterocycles. The summed E-state index contributed by atoms with van der Waals surface area (Å²) < 4.78 is 14.6. The highest BCUT2D eigenvalue weighted by Crippen LogP contribution is 2.22. The van der Waals surface area contributed by atoms with Crippen molar-refractivity contribution >= 4 is 11.7 Å². The minimum Gasteiger partial charge on any atom is -0.382 e. The molecule has 1 amide bonds. The first-order valence-corrected chi connectivity index (χ1v) is 9.91. The molecular formula is C23H24FN5O. The number of nitrogens with one attached hydrogen (secondary N) is 1. The third kappa shape index (κ3) is 4.66. The zero-order valence-electron chi connectivity index (χ0n) is 16.8. The summed E-state index contributed by atoms with van der Waals surface area (Å²) in [6.07, 6.45) is 1.82. The van der Waals surface area contributed by atoms with Gasteiger partial charge in [-0.15, -0.1) is 0 Å². The van der Waals surface area contributed by atoms with Gasteiger partial charge in [0.2, 0.25) is 5.91 Å². The van der Waals surface area contributed by atoms with Crippen molar-refractivity contribution in [2.45, 2.75) is 32.1 Å². The number of benzene rings is 2. The van der Waals surface area contributed by atoms with E-state index >= 15 is 0 Å². The fraction of sp³-hybridized carbons (Fsp3) is 0.261. The number of hydrogen-bond donors (Lipinski definition) is 2. The van der Waals surface area contributed by atoms with Crippen LogP contribution in [-0.2, 0) is 11.2 Å². The highest BCUT2D eigenvalue weighted by molar-refractivity contribution is 5.83. The van der Waals surface area contributed by atoms with Gasteiger partial charge in [-0.05, 0) is 49.1 Å². The zero-order valence-corrected chi connectivity index (χ0v) is 16.8. The molecule has 1 unspecified atom stereocenters. The van der Waals surface area contributed by atoms with Gasteiger partial charge in [-0.1, -0.05) is 37.3 Å². The second-order valence-electron chi connectivity index (χ2n) is 6.97. The van der Waals surface area contributed by atoms with Gasteiger partial charge >= 0.3 is 0 Å². The van der Waals surface area contributed by atoms with Crippen molar-refractivity contribution in [3.63, 3.8) is 0 Å². The van der Waals surface area contributed by atoms with Crippen LogP contribution in [0.3, 0.4) is 0 Å². The third-order valence-corrected chi connectivity index (χ3v) is 4.99. The Hall–Kier alpha value is -3.66. The number of carbonyl (C=O) groups excluding carboxylic acids is 1. The maximum Gasteiger partial charge on any atom is 0.227 e. The number of rotatable bonds is 8. The van der Waals surface area contributed by atoms with E-state index in [-0.39, 0.29) is 23.5 Å². The molecule has 0 aliphatic heterocycles. The number of aromatic nitrogens is 2. The molecule has 1 heterocycles. The second-order valence-corrected chi connectivity index (χ2v) is 6.97. The predicted molar refractivity (Wildman–Crippen MR) is 113 cm³/mol. The van der Waals surface area contributed by atoms with Crippen molar-refractivity contribution in [3.05, 3.63) is 77.2 Å². The number of hydrogen-bond acceptors (Lipinski definition) is 4. The molecule has 6 nitrogen and oxygen atoms in total. The lowest BCUT2D eigenvalue weighted by atomic mass is 9.95. The summed E-state index contributed by atoms with van der Waals surface area (Å²) in [4.78, 5) is 12.5. The largest absolute Gasteiger partial charge is 0.382 e. The van der Waals surface area contributed by atoms with Gasteiger partial charge < -0.3 is 11.1 Å². The minimum atomic E-state index is -0.359. The normalized spacial score (nSPS) is 11.6. The highest BCUT2D eigenvalue weighted by atomic mass is 19.1. The molecule has 0 bridgehead atoms. The summed E-state index contributed by atoms with van der Waals surface area (Å²) in [5.74, 6) is -0.338. The van der Waals surface area contributed by atoms with Crippen molar-refractivity contribution in [2.24, 2.45) is 0 Å². The standard InChI is InChI=1S/C23H24FN5O/c1-2-19(16-7-4-3-5-8-16)23(30)27-14-6-9-21-20(15-25)22(26)29(28-21)18-12-10-17(24)11-13-18/h3-5,7-8,10-13,19H,2,6,9,14,26H2,1H3,(H,27,30). The molecular weight excluding hydrogens is 381 g/mol. The summed E-state index contributed by atoms with van der Waals surface area (Å²) >= 11 is 0. The number of nitriles is 1. The van der Waals surface area contributed by atoms with Crippen molar-refractivity contribution in [1.29, 1.82) is 5.26 Å². The average molecular weight is 405 g/mol. The Morgan fingerprint density at radius 1 is 1.23 bits per heavy atom. The minimum absolute atomic E-state index is 0.0134. The fourth-order valence-electron chi connectivity index (χ4n) is 3.40. The molecule has 1 atom stereocenters. The van der Waals surface area contributed by atoms with Crippen LogP contribution in [0.1, 0.15) is 42.5 Å². The van der Waals surface area contributed by atoms with E-state index in [2.05, 4.69) is 16.5 Å². The first-order chi connectivity index (χ1) is 14.5. The highest BCUT2D eigenvalue weighted by Gasteiger charge is 2.19. The summed E-state index contributed by atoms with van der Waals surface area (Å²) in [6.45, 7) is 2.46. The second kappa shape index (κ2) is 9.70. The van der Waals surface area contributed by atoms with E-state index in [1.807, 2.05) is 37.3 Å². The molecule has 0 spiro atoms. The fourth-order valence-corrected chi connectivity index (χ4v) is 3.40. The molecule has 3 N–H and O–H groups in total. The van der Waals surface area contributed by atoms with Gasteiger partial charge in [0.05, 0.1) is 17.3 Å². The average Bonchev–Trinajstić information content (AvgIpc) is 3.08. The molecule has 0 radical (unpaired) electrons. The lowest BCUT2D eigenvalue weighted by Gasteiger charge is -2.15. The topological polar surface area (TPSA) is 96.7 Å². The maximum atomic E-state index is 13.2. The van der Waals surface area contributed by atoms with Crippen LogP contribution in [-0.4, -0.2) is 22.2 Å². The molecule has 0 aliphatic rings. The molecule has 3 aromatic rings. The number of anilines is 1. The summed E-state index contributed by atoms with van der Waals surface area (Å²) in [7, 11) is 0. The Morgan fingerprint density at radius 2 is 1.93 bits per heavy atom. The van der Waals surface area contributed by atoms with Crippen LogP contribution in [0.15, 0.2) is 54.6 Å². The Bertz CT molecular complexity index is 1040. The molecule has 3 rings (SSSR count). The Morgan fingerprint density at radius 3 is 2.57 bits per heavy atom. The molecule has 7 heteroatoms. The first kappa shape index (κ1) is 21.1. The molecule has 2 aromatic carbocycles. The molecule has 0 aliphatic carbocycles. The van der Waals surface area contributed by atoms with Gasteiger partial charge in [-0.3, -0.25) is 4.79 Å². The van der Waals surface area contributed by atoms with Gasteiger partial charge in [0.15, 0.2) is 0 Å². The van der Waals surface area contributed by atoms with Crippen LogP contribution in [0.5, 0.6) is 0 Å². The third-order valence-electron chi connectivity index (χ3n) is 4.99. The van der Waals surface area contributed by atoms with Crippen LogP contribution < -0.4 is 11.1 Å². The van der Waals surface area contributed by atoms with E-state index in [1.165, 1.54) is 16.8 Å². The van der Waals surface area contributed by atoms with Crippen molar-refractivity contribution in [1.82, 2.24) is 15.1 Å². The lowest BCUT2D eigenvalue weighted by molar-refractivity contribution is -0.122. The zero-order chi connectivity index (χ0) is 21.5. The van der Waals surface area contributed by atoms with Gasteiger partial charge in [-0.25, -0.2) is 9.07 Å². The lowest BCUT2D eigenvalue weighted by Crippen LogP contribution is -2.30. The van der Waals surface area contributed by atoms with E-state index in [1.54, 1.807) is 12.1 Å². The molecule has 1 aromatic heterocycles. The summed E-state index contributed by atoms with van der Waals surface area (Å²) in [5.41, 5.74) is 8.52. The number of nitrogens with two attached hydrogens (primary N) is 1. The monoisotopic (exact) mass is 405 g/mol. The van der Waals surface area contributed by atoms with Crippen molar-refractivity contribution in [3.8, 4) is 11.8 Å². The Labute approximate surface area is 175 Å². The predicted octanol–water partition coefficient (Wildman–Crippen LogP) is 3.71. The van der Waals surface area contributed by atoms with Crippen LogP contribution in [0.2, 0.25) is 0 Å². The van der Waals surface area contributed by atoms with E-state index in [0.29, 0.717) is 42.8 Å². The van der Waals surface area contributed by atoms with Crippen LogP contribution in [0.4, 0.5) is 10.2 Å². The van der Waals surface area contributed by atoms with Crippen molar-refractivity contribution in [2.75, 3.05) is 12.3 Å². The van der Waals surface area contributed by atoms with Crippen LogP contribution in [0, 0.1) is 17.1 Å². The maximum absolute atomic E-state index is 13.2. The van der Waals surface area contributed by atoms with E-state index in [0.717, 1.165) is 5.56 Å². The van der Waals surface area contributed by atoms with E-state index < -0.39 is 0 Å². The first-order valence-electron chi connectivity index (χ1n) is 9.91. The summed E-state index contributed by atoms with van der Waals surface area (Å²) in [6, 6.07) is 17.5. The van der Waals surface area contributed by atoms with E-state index in [4.69, 9.17) is 5.73 Å². The molecule has 154 valence electrons. The molecule has 0 fully saturated rings. The molecule has 0 saturated carbocycles. The Balaban J connectivity index is 1.62. The number of halogens is 1. The van der Waals surface area contributed by atoms with Gasteiger partial charge in [0, 0.05) is 6.54 Å². The number of nitrogen functional groups attached to an aromatic ring is 1. The smallest absolute Gasteiger partial charge is 0.227 e. The van der Waals surface area contributed by atoms with Gasteiger partial charge in [0.1, 0.15) is 23.3 Å². The SMILES string of the molecule is CCC(C(=O)NCCCc1nn(-c2ccc(F)cc2)c(N)c1C#N)c1ccccc1.